The maximum atomic E-state index is 13.6. The summed E-state index contributed by atoms with van der Waals surface area (Å²) in [4.78, 5) is 35.4. The van der Waals surface area contributed by atoms with Gasteiger partial charge in [0.2, 0.25) is 0 Å². The van der Waals surface area contributed by atoms with E-state index in [-0.39, 0.29) is 16.7 Å². The summed E-state index contributed by atoms with van der Waals surface area (Å²) in [5, 5.41) is 2.64. The number of amides is 1. The van der Waals surface area contributed by atoms with Crippen molar-refractivity contribution in [1.29, 1.82) is 0 Å². The van der Waals surface area contributed by atoms with Crippen LogP contribution < -0.4 is 5.32 Å². The minimum atomic E-state index is -0.980. The lowest BCUT2D eigenvalue weighted by atomic mass is 10.2. The van der Waals surface area contributed by atoms with Crippen molar-refractivity contribution in [3.8, 4) is 0 Å². The van der Waals surface area contributed by atoms with Crippen LogP contribution in [-0.4, -0.2) is 30.6 Å². The quantitative estimate of drug-likeness (QED) is 0.754. The number of nitrogens with one attached hydrogen (secondary N) is 1. The molecule has 0 fully saturated rings. The van der Waals surface area contributed by atoms with Gasteiger partial charge in [0.1, 0.15) is 5.82 Å². The minimum Gasteiger partial charge on any atom is -0.459 e. The molecule has 0 spiro atoms. The van der Waals surface area contributed by atoms with Crippen LogP contribution in [0, 0.1) is 5.82 Å². The average molecular weight is 394 g/mol. The second-order valence-electron chi connectivity index (χ2n) is 5.78. The zero-order chi connectivity index (χ0) is 20.0. The first kappa shape index (κ1) is 20.4. The molecular formula is C19H17ClFNO5. The Morgan fingerprint density at radius 2 is 1.74 bits per heavy atom. The molecular weight excluding hydrogens is 377 g/mol. The third kappa shape index (κ3) is 6.07. The van der Waals surface area contributed by atoms with Gasteiger partial charge in [-0.2, -0.15) is 0 Å². The summed E-state index contributed by atoms with van der Waals surface area (Å²) >= 11 is 5.61. The first-order valence-corrected chi connectivity index (χ1v) is 8.37. The number of anilines is 1. The van der Waals surface area contributed by atoms with Crippen molar-refractivity contribution < 1.29 is 28.2 Å². The molecule has 0 aliphatic heterocycles. The molecule has 142 valence electrons. The van der Waals surface area contributed by atoms with Gasteiger partial charge in [0.25, 0.3) is 5.91 Å². The number of halogens is 2. The Morgan fingerprint density at radius 1 is 1.07 bits per heavy atom. The van der Waals surface area contributed by atoms with Crippen molar-refractivity contribution in [1.82, 2.24) is 0 Å². The van der Waals surface area contributed by atoms with Gasteiger partial charge in [-0.15, -0.1) is 0 Å². The fourth-order valence-electron chi connectivity index (χ4n) is 2.03. The van der Waals surface area contributed by atoms with Crippen molar-refractivity contribution in [2.75, 3.05) is 11.9 Å². The zero-order valence-electron chi connectivity index (χ0n) is 14.6. The largest absolute Gasteiger partial charge is 0.459 e. The Labute approximate surface area is 160 Å². The van der Waals surface area contributed by atoms with Crippen molar-refractivity contribution in [2.45, 2.75) is 20.0 Å². The van der Waals surface area contributed by atoms with E-state index in [1.807, 2.05) is 0 Å². The van der Waals surface area contributed by atoms with Crippen LogP contribution >= 0.6 is 11.6 Å². The van der Waals surface area contributed by atoms with E-state index in [0.717, 1.165) is 6.07 Å². The van der Waals surface area contributed by atoms with Crippen molar-refractivity contribution in [3.63, 3.8) is 0 Å². The Bertz CT molecular complexity index is 852. The van der Waals surface area contributed by atoms with Gasteiger partial charge < -0.3 is 14.8 Å². The minimum absolute atomic E-state index is 0.141. The number of benzene rings is 2. The predicted octanol–water partition coefficient (Wildman–Crippen LogP) is 3.84. The van der Waals surface area contributed by atoms with Gasteiger partial charge in [0.05, 0.1) is 17.2 Å². The lowest BCUT2D eigenvalue weighted by Gasteiger charge is -2.09. The Morgan fingerprint density at radius 3 is 2.33 bits per heavy atom. The van der Waals surface area contributed by atoms with E-state index >= 15 is 0 Å². The van der Waals surface area contributed by atoms with E-state index in [0.29, 0.717) is 11.3 Å². The summed E-state index contributed by atoms with van der Waals surface area (Å²) in [7, 11) is 0. The molecule has 0 aromatic heterocycles. The third-order valence-corrected chi connectivity index (χ3v) is 3.47. The lowest BCUT2D eigenvalue weighted by molar-refractivity contribution is -0.119. The number of hydrogen-bond donors (Lipinski definition) is 1. The summed E-state index contributed by atoms with van der Waals surface area (Å²) in [5.41, 5.74) is 0.418. The summed E-state index contributed by atoms with van der Waals surface area (Å²) in [6.45, 7) is 2.88. The monoisotopic (exact) mass is 393 g/mol. The zero-order valence-corrected chi connectivity index (χ0v) is 15.4. The molecule has 0 saturated heterocycles. The first-order valence-electron chi connectivity index (χ1n) is 7.99. The van der Waals surface area contributed by atoms with Gasteiger partial charge in [-0.05, 0) is 56.3 Å². The van der Waals surface area contributed by atoms with E-state index in [4.69, 9.17) is 21.1 Å². The molecule has 2 aromatic rings. The molecule has 0 atom stereocenters. The number of esters is 2. The van der Waals surface area contributed by atoms with Crippen LogP contribution in [0.2, 0.25) is 5.02 Å². The SMILES string of the molecule is CC(C)OC(=O)c1ccc(NC(=O)COC(=O)c2ccc(Cl)cc2F)cc1. The highest BCUT2D eigenvalue weighted by atomic mass is 35.5. The van der Waals surface area contributed by atoms with E-state index < -0.39 is 30.3 Å². The first-order chi connectivity index (χ1) is 12.8. The molecule has 1 amide bonds. The number of rotatable bonds is 6. The highest BCUT2D eigenvalue weighted by Gasteiger charge is 2.15. The number of carbonyl (C=O) groups excluding carboxylic acids is 3. The summed E-state index contributed by atoms with van der Waals surface area (Å²) in [5.74, 6) is -2.90. The fraction of sp³-hybridized carbons (Fsp3) is 0.211. The topological polar surface area (TPSA) is 81.7 Å². The standard InChI is InChI=1S/C19H17ClFNO5/c1-11(2)27-18(24)12-3-6-14(7-4-12)22-17(23)10-26-19(25)15-8-5-13(20)9-16(15)21/h3-9,11H,10H2,1-2H3,(H,22,23). The molecule has 2 rings (SSSR count). The van der Waals surface area contributed by atoms with Crippen LogP contribution in [0.4, 0.5) is 10.1 Å². The van der Waals surface area contributed by atoms with Crippen LogP contribution in [0.25, 0.3) is 0 Å². The number of ether oxygens (including phenoxy) is 2. The van der Waals surface area contributed by atoms with Gasteiger partial charge in [0, 0.05) is 10.7 Å². The molecule has 1 N–H and O–H groups in total. The molecule has 6 nitrogen and oxygen atoms in total. The Kier molecular flexibility index (Phi) is 6.90. The van der Waals surface area contributed by atoms with E-state index in [1.54, 1.807) is 13.8 Å². The molecule has 0 saturated carbocycles. The maximum absolute atomic E-state index is 13.6. The van der Waals surface area contributed by atoms with Gasteiger partial charge >= 0.3 is 11.9 Å². The smallest absolute Gasteiger partial charge is 0.341 e. The molecule has 0 aliphatic rings. The van der Waals surface area contributed by atoms with Crippen molar-refractivity contribution >= 4 is 35.1 Å². The molecule has 0 bridgehead atoms. The summed E-state index contributed by atoms with van der Waals surface area (Å²) in [6.07, 6.45) is -0.239. The summed E-state index contributed by atoms with van der Waals surface area (Å²) in [6, 6.07) is 9.50. The molecule has 8 heteroatoms. The fourth-order valence-corrected chi connectivity index (χ4v) is 2.19. The van der Waals surface area contributed by atoms with Crippen LogP contribution in [0.3, 0.4) is 0 Å². The second kappa shape index (κ2) is 9.14. The maximum Gasteiger partial charge on any atom is 0.341 e. The Hall–Kier alpha value is -2.93. The van der Waals surface area contributed by atoms with Gasteiger partial charge in [0.15, 0.2) is 6.61 Å². The van der Waals surface area contributed by atoms with Crippen LogP contribution in [0.5, 0.6) is 0 Å². The lowest BCUT2D eigenvalue weighted by Crippen LogP contribution is -2.21. The van der Waals surface area contributed by atoms with Crippen LogP contribution in [0.1, 0.15) is 34.6 Å². The molecule has 27 heavy (non-hydrogen) atoms. The molecule has 2 aromatic carbocycles. The van der Waals surface area contributed by atoms with Gasteiger partial charge in [-0.3, -0.25) is 4.79 Å². The highest BCUT2D eigenvalue weighted by molar-refractivity contribution is 6.30. The van der Waals surface area contributed by atoms with Crippen molar-refractivity contribution in [2.24, 2.45) is 0 Å². The summed E-state index contributed by atoms with van der Waals surface area (Å²) < 4.78 is 23.5. The van der Waals surface area contributed by atoms with Crippen LogP contribution in [0.15, 0.2) is 42.5 Å². The second-order valence-corrected chi connectivity index (χ2v) is 6.22. The number of hydrogen-bond acceptors (Lipinski definition) is 5. The average Bonchev–Trinajstić information content (AvgIpc) is 2.59. The third-order valence-electron chi connectivity index (χ3n) is 3.23. The molecule has 0 unspecified atom stereocenters. The molecule has 0 radical (unpaired) electrons. The van der Waals surface area contributed by atoms with Gasteiger partial charge in [-0.25, -0.2) is 14.0 Å². The van der Waals surface area contributed by atoms with E-state index in [1.165, 1.54) is 36.4 Å². The predicted molar refractivity (Wildman–Crippen MR) is 97.3 cm³/mol. The van der Waals surface area contributed by atoms with E-state index in [2.05, 4.69) is 5.32 Å². The molecule has 0 aliphatic carbocycles. The number of carbonyl (C=O) groups is 3. The van der Waals surface area contributed by atoms with Crippen molar-refractivity contribution in [3.05, 3.63) is 64.4 Å². The van der Waals surface area contributed by atoms with Crippen LogP contribution in [-0.2, 0) is 14.3 Å². The van der Waals surface area contributed by atoms with E-state index in [9.17, 15) is 18.8 Å². The normalized spacial score (nSPS) is 10.4. The Balaban J connectivity index is 1.88. The van der Waals surface area contributed by atoms with Gasteiger partial charge in [-0.1, -0.05) is 11.6 Å². The highest BCUT2D eigenvalue weighted by Crippen LogP contribution is 2.16. The molecule has 0 heterocycles.